The fourth-order valence-corrected chi connectivity index (χ4v) is 4.64. The number of amides is 1. The first-order valence-electron chi connectivity index (χ1n) is 8.64. The summed E-state index contributed by atoms with van der Waals surface area (Å²) in [5.74, 6) is -0.193. The van der Waals surface area contributed by atoms with Crippen LogP contribution in [0.15, 0.2) is 41.3 Å². The van der Waals surface area contributed by atoms with Crippen LogP contribution in [0.4, 0.5) is 5.69 Å². The highest BCUT2D eigenvalue weighted by atomic mass is 35.5. The number of nitrogens with one attached hydrogen (secondary N) is 1. The molecule has 2 aromatic rings. The molecule has 0 radical (unpaired) electrons. The number of carbonyl (C=O) groups is 1. The lowest BCUT2D eigenvalue weighted by atomic mass is 10.2. The lowest BCUT2D eigenvalue weighted by Gasteiger charge is -2.25. The first kappa shape index (κ1) is 20.8. The number of methoxy groups -OCH3 is 1. The highest BCUT2D eigenvalue weighted by Crippen LogP contribution is 2.33. The number of sulfonamides is 1. The Morgan fingerprint density at radius 1 is 1.18 bits per heavy atom. The summed E-state index contributed by atoms with van der Waals surface area (Å²) in [5, 5.41) is 3.29. The first-order valence-corrected chi connectivity index (χ1v) is 10.8. The van der Waals surface area contributed by atoms with E-state index in [1.165, 1.54) is 31.4 Å². The van der Waals surface area contributed by atoms with E-state index in [0.717, 1.165) is 22.7 Å². The smallest absolute Gasteiger partial charge is 0.268 e. The minimum atomic E-state index is -4.11. The van der Waals surface area contributed by atoms with Crippen LogP contribution in [0.5, 0.6) is 5.75 Å². The number of nitrogens with zero attached hydrogens (tertiary/aromatic N) is 1. The third-order valence-corrected chi connectivity index (χ3v) is 6.84. The Hall–Kier alpha value is -1.96. The number of carbonyl (C=O) groups excluding carboxylic acids is 1. The fourth-order valence-electron chi connectivity index (χ4n) is 2.69. The monoisotopic (exact) mass is 442 g/mol. The van der Waals surface area contributed by atoms with Crippen LogP contribution < -0.4 is 14.4 Å². The van der Waals surface area contributed by atoms with E-state index in [9.17, 15) is 13.2 Å². The lowest BCUT2D eigenvalue weighted by molar-refractivity contribution is -0.119. The molecule has 0 bridgehead atoms. The maximum Gasteiger partial charge on any atom is 0.268 e. The summed E-state index contributed by atoms with van der Waals surface area (Å²) in [6.07, 6.45) is 1.80. The molecule has 0 spiro atoms. The van der Waals surface area contributed by atoms with Gasteiger partial charge in [-0.3, -0.25) is 9.10 Å². The maximum absolute atomic E-state index is 13.5. The van der Waals surface area contributed by atoms with Crippen molar-refractivity contribution in [2.45, 2.75) is 30.7 Å². The van der Waals surface area contributed by atoms with E-state index >= 15 is 0 Å². The highest BCUT2D eigenvalue weighted by Gasteiger charge is 2.32. The average Bonchev–Trinajstić information content (AvgIpc) is 3.46. The molecule has 28 heavy (non-hydrogen) atoms. The van der Waals surface area contributed by atoms with Gasteiger partial charge in [0.05, 0.1) is 22.8 Å². The first-order chi connectivity index (χ1) is 13.2. The van der Waals surface area contributed by atoms with Gasteiger partial charge >= 0.3 is 0 Å². The van der Waals surface area contributed by atoms with E-state index in [0.29, 0.717) is 5.02 Å². The van der Waals surface area contributed by atoms with E-state index in [1.54, 1.807) is 19.1 Å². The second-order valence-electron chi connectivity index (χ2n) is 6.61. The molecule has 1 aliphatic carbocycles. The van der Waals surface area contributed by atoms with Crippen molar-refractivity contribution in [3.05, 3.63) is 52.0 Å². The van der Waals surface area contributed by atoms with Crippen molar-refractivity contribution >= 4 is 44.8 Å². The Balaban J connectivity index is 2.07. The number of halogens is 2. The average molecular weight is 443 g/mol. The largest absolute Gasteiger partial charge is 0.495 e. The highest BCUT2D eigenvalue weighted by molar-refractivity contribution is 7.93. The summed E-state index contributed by atoms with van der Waals surface area (Å²) in [5.41, 5.74) is 0.986. The number of hydrogen-bond acceptors (Lipinski definition) is 4. The minimum Gasteiger partial charge on any atom is -0.495 e. The molecular weight excluding hydrogens is 423 g/mol. The third-order valence-electron chi connectivity index (χ3n) is 4.31. The molecule has 1 saturated carbocycles. The zero-order valence-electron chi connectivity index (χ0n) is 15.4. The molecule has 1 fully saturated rings. The van der Waals surface area contributed by atoms with Gasteiger partial charge in [0, 0.05) is 6.04 Å². The normalized spacial score (nSPS) is 13.9. The molecule has 6 nitrogen and oxygen atoms in total. The Morgan fingerprint density at radius 3 is 2.50 bits per heavy atom. The van der Waals surface area contributed by atoms with E-state index in [1.807, 2.05) is 0 Å². The van der Waals surface area contributed by atoms with Gasteiger partial charge in [-0.25, -0.2) is 8.42 Å². The van der Waals surface area contributed by atoms with Crippen molar-refractivity contribution in [2.75, 3.05) is 18.0 Å². The van der Waals surface area contributed by atoms with Gasteiger partial charge in [-0.05, 0) is 55.7 Å². The van der Waals surface area contributed by atoms with Gasteiger partial charge in [0.2, 0.25) is 5.91 Å². The topological polar surface area (TPSA) is 75.7 Å². The van der Waals surface area contributed by atoms with Crippen molar-refractivity contribution in [1.29, 1.82) is 0 Å². The summed E-state index contributed by atoms with van der Waals surface area (Å²) in [7, 11) is -2.72. The van der Waals surface area contributed by atoms with Crippen LogP contribution in [0.1, 0.15) is 18.4 Å². The van der Waals surface area contributed by atoms with E-state index in [-0.39, 0.29) is 39.8 Å². The molecule has 0 aromatic heterocycles. The number of hydrogen-bond donors (Lipinski definition) is 1. The molecule has 2 aromatic carbocycles. The van der Waals surface area contributed by atoms with Crippen molar-refractivity contribution in [1.82, 2.24) is 5.32 Å². The van der Waals surface area contributed by atoms with E-state index in [4.69, 9.17) is 27.9 Å². The SMILES string of the molecule is COc1ccc(C)cc1S(=O)(=O)N(CC(=O)NC1CC1)c1ccc(Cl)c(Cl)c1. The Morgan fingerprint density at radius 2 is 1.89 bits per heavy atom. The van der Waals surface area contributed by atoms with E-state index in [2.05, 4.69) is 5.32 Å². The molecule has 9 heteroatoms. The van der Waals surface area contributed by atoms with Crippen LogP contribution in [-0.2, 0) is 14.8 Å². The zero-order valence-corrected chi connectivity index (χ0v) is 17.7. The molecule has 0 saturated heterocycles. The molecule has 150 valence electrons. The molecule has 1 N–H and O–H groups in total. The Bertz CT molecular complexity index is 1010. The van der Waals surface area contributed by atoms with Gasteiger partial charge in [0.15, 0.2) is 0 Å². The van der Waals surface area contributed by atoms with Crippen LogP contribution in [0.3, 0.4) is 0 Å². The van der Waals surface area contributed by atoms with Crippen molar-refractivity contribution in [2.24, 2.45) is 0 Å². The Kier molecular flexibility index (Phi) is 6.07. The van der Waals surface area contributed by atoms with Gasteiger partial charge in [-0.15, -0.1) is 0 Å². The van der Waals surface area contributed by atoms with Crippen LogP contribution in [-0.4, -0.2) is 34.0 Å². The number of rotatable bonds is 7. The molecule has 0 heterocycles. The lowest BCUT2D eigenvalue weighted by Crippen LogP contribution is -2.41. The third kappa shape index (κ3) is 4.54. The summed E-state index contributed by atoms with van der Waals surface area (Å²) < 4.78 is 33.2. The number of ether oxygens (including phenoxy) is 1. The van der Waals surface area contributed by atoms with Gasteiger partial charge in [-0.2, -0.15) is 0 Å². The predicted octanol–water partition coefficient (Wildman–Crippen LogP) is 3.78. The predicted molar refractivity (Wildman–Crippen MR) is 110 cm³/mol. The van der Waals surface area contributed by atoms with Gasteiger partial charge in [0.25, 0.3) is 10.0 Å². The quantitative estimate of drug-likeness (QED) is 0.707. The van der Waals surface area contributed by atoms with Crippen LogP contribution >= 0.6 is 23.2 Å². The summed E-state index contributed by atoms with van der Waals surface area (Å²) in [6.45, 7) is 1.40. The van der Waals surface area contributed by atoms with E-state index < -0.39 is 10.0 Å². The van der Waals surface area contributed by atoms with Gasteiger partial charge < -0.3 is 10.1 Å². The Labute approximate surface area is 174 Å². The number of aryl methyl sites for hydroxylation is 1. The van der Waals surface area contributed by atoms with Gasteiger partial charge in [-0.1, -0.05) is 29.3 Å². The number of benzene rings is 2. The summed E-state index contributed by atoms with van der Waals surface area (Å²) in [6, 6.07) is 9.39. The summed E-state index contributed by atoms with van der Waals surface area (Å²) in [4.78, 5) is 12.4. The van der Waals surface area contributed by atoms with Crippen molar-refractivity contribution in [3.8, 4) is 5.75 Å². The maximum atomic E-state index is 13.5. The second-order valence-corrected chi connectivity index (χ2v) is 9.25. The molecule has 1 aliphatic rings. The van der Waals surface area contributed by atoms with Crippen LogP contribution in [0.2, 0.25) is 10.0 Å². The second kappa shape index (κ2) is 8.19. The van der Waals surface area contributed by atoms with Crippen LogP contribution in [0, 0.1) is 6.92 Å². The zero-order chi connectivity index (χ0) is 20.5. The van der Waals surface area contributed by atoms with Crippen molar-refractivity contribution in [3.63, 3.8) is 0 Å². The van der Waals surface area contributed by atoms with Crippen LogP contribution in [0.25, 0.3) is 0 Å². The van der Waals surface area contributed by atoms with Crippen molar-refractivity contribution < 1.29 is 17.9 Å². The van der Waals surface area contributed by atoms with Gasteiger partial charge in [0.1, 0.15) is 17.2 Å². The molecule has 3 rings (SSSR count). The summed E-state index contributed by atoms with van der Waals surface area (Å²) >= 11 is 12.1. The molecule has 0 aliphatic heterocycles. The molecule has 1 amide bonds. The molecule has 0 unspecified atom stereocenters. The minimum absolute atomic E-state index is 0.0275. The molecule has 0 atom stereocenters. The fraction of sp³-hybridized carbons (Fsp3) is 0.316. The molecular formula is C19H20Cl2N2O4S. The number of anilines is 1. The standard InChI is InChI=1S/C19H20Cl2N2O4S/c1-12-3-8-17(27-2)18(9-12)28(25,26)23(11-19(24)22-13-4-5-13)14-6-7-15(20)16(21)10-14/h3,6-10,13H,4-5,11H2,1-2H3,(H,22,24).